The zero-order chi connectivity index (χ0) is 60.6. The summed E-state index contributed by atoms with van der Waals surface area (Å²) in [6, 6.07) is 77.1. The van der Waals surface area contributed by atoms with Crippen molar-refractivity contribution in [3.8, 4) is 0 Å². The van der Waals surface area contributed by atoms with E-state index in [0.29, 0.717) is 0 Å². The van der Waals surface area contributed by atoms with Gasteiger partial charge in [-0.25, -0.2) is 0 Å². The van der Waals surface area contributed by atoms with Crippen LogP contribution in [0, 0.1) is 6.92 Å². The fraction of sp³-hybridized carbons (Fsp3) is 0.259. The summed E-state index contributed by atoms with van der Waals surface area (Å²) < 4.78 is 9.68. The Morgan fingerprint density at radius 2 is 1.02 bits per heavy atom. The highest BCUT2D eigenvalue weighted by atomic mass is 32.1. The summed E-state index contributed by atoms with van der Waals surface area (Å²) in [5, 5.41) is 4.80. The molecule has 12 aromatic rings. The molecule has 0 amide bonds. The SMILES string of the molecule is Cc1cc2c3c(c1)N(c1cccc4c1sc1ccccc14)c1cc(N(c4ccc(C(C)(C)C)cc4)c4ccc(C(C)(C)C)cc4)ccc1B3c1ccc(N3c4ccc(C(C)(C)C)cc4C4(C)CCCCC34C)cc1N2c1cccc2c1oc1ccccc12. The van der Waals surface area contributed by atoms with Gasteiger partial charge in [-0.15, -0.1) is 11.3 Å². The minimum atomic E-state index is -0.147. The number of para-hydroxylation sites is 2. The first-order valence-corrected chi connectivity index (χ1v) is 32.8. The van der Waals surface area contributed by atoms with Crippen molar-refractivity contribution in [2.45, 2.75) is 136 Å². The smallest absolute Gasteiger partial charge is 0.252 e. The highest BCUT2D eigenvalue weighted by molar-refractivity contribution is 7.26. The van der Waals surface area contributed by atoms with Gasteiger partial charge in [-0.05, 0) is 178 Å². The molecule has 0 bridgehead atoms. The van der Waals surface area contributed by atoms with Crippen LogP contribution in [0.25, 0.3) is 42.1 Å². The van der Waals surface area contributed by atoms with Gasteiger partial charge in [0.15, 0.2) is 5.58 Å². The Kier molecular flexibility index (Phi) is 12.0. The van der Waals surface area contributed by atoms with Crippen molar-refractivity contribution < 1.29 is 4.42 Å². The second kappa shape index (κ2) is 19.2. The second-order valence-electron chi connectivity index (χ2n) is 29.4. The average Bonchev–Trinajstić information content (AvgIpc) is 1.19. The molecular weight excluding hydrogens is 1090 g/mol. The Morgan fingerprint density at radius 1 is 0.466 bits per heavy atom. The maximum atomic E-state index is 7.12. The maximum absolute atomic E-state index is 7.12. The van der Waals surface area contributed by atoms with Crippen molar-refractivity contribution in [2.24, 2.45) is 0 Å². The Bertz CT molecular complexity index is 4780. The number of fused-ring (bicyclic) bond motifs is 13. The molecule has 1 saturated carbocycles. The lowest BCUT2D eigenvalue weighted by Gasteiger charge is -2.50. The Hall–Kier alpha value is -8.52. The average molecular weight is 1170 g/mol. The monoisotopic (exact) mass is 1160 g/mol. The molecule has 4 aliphatic rings. The maximum Gasteiger partial charge on any atom is 0.252 e. The first kappa shape index (κ1) is 54.8. The molecule has 16 rings (SSSR count). The molecule has 10 aromatic carbocycles. The fourth-order valence-corrected chi connectivity index (χ4v) is 17.2. The molecule has 5 heterocycles. The van der Waals surface area contributed by atoms with Crippen molar-refractivity contribution in [1.82, 2.24) is 0 Å². The van der Waals surface area contributed by atoms with Crippen LogP contribution >= 0.6 is 11.3 Å². The van der Waals surface area contributed by atoms with Crippen molar-refractivity contribution in [3.05, 3.63) is 228 Å². The van der Waals surface area contributed by atoms with E-state index in [9.17, 15) is 0 Å². The first-order valence-electron chi connectivity index (χ1n) is 32.0. The molecule has 1 aliphatic carbocycles. The van der Waals surface area contributed by atoms with Gasteiger partial charge in [-0.2, -0.15) is 0 Å². The molecular formula is C81H77BN4OS. The number of hydrogen-bond acceptors (Lipinski definition) is 6. The van der Waals surface area contributed by atoms with Gasteiger partial charge in [-0.1, -0.05) is 191 Å². The molecule has 2 unspecified atom stereocenters. The van der Waals surface area contributed by atoms with Gasteiger partial charge in [0.1, 0.15) is 5.58 Å². The van der Waals surface area contributed by atoms with Crippen LogP contribution in [-0.2, 0) is 21.7 Å². The number of rotatable bonds is 6. The van der Waals surface area contributed by atoms with Crippen molar-refractivity contribution in [3.63, 3.8) is 0 Å². The standard InChI is InChI=1S/C81H77BN4OS/c1-50-45-70-74-71(46-50)85(67-26-20-24-61-59-22-14-16-28-73(59)88-76(61)67)68-48-56(83(54-34-29-51(30-35-54)77(2,3)4)55-36-31-52(32-37-55)78(5,6)7)38-40-63(68)82(74)64-41-39-57(49-69(64)84(70)66-25-19-23-60-58-21-13-15-27-72(58)87-75(60)66)86-65-42-33-53(79(8,9)10)47-62(65)80(11)43-17-18-44-81(80,86)12/h13-16,19-42,45-49H,17-18,43-44H2,1-12H3. The Labute approximate surface area is 523 Å². The molecule has 0 radical (unpaired) electrons. The number of anilines is 11. The van der Waals surface area contributed by atoms with Crippen molar-refractivity contribution in [1.29, 1.82) is 0 Å². The van der Waals surface area contributed by atoms with Crippen LogP contribution in [0.3, 0.4) is 0 Å². The third-order valence-electron chi connectivity index (χ3n) is 20.9. The van der Waals surface area contributed by atoms with Gasteiger partial charge in [0, 0.05) is 82.8 Å². The van der Waals surface area contributed by atoms with Gasteiger partial charge in [0.05, 0.1) is 21.6 Å². The van der Waals surface area contributed by atoms with E-state index in [1.54, 1.807) is 0 Å². The van der Waals surface area contributed by atoms with E-state index in [-0.39, 0.29) is 33.9 Å². The minimum Gasteiger partial charge on any atom is -0.454 e. The van der Waals surface area contributed by atoms with Crippen LogP contribution < -0.4 is 36.0 Å². The molecule has 0 saturated heterocycles. The summed E-state index contributed by atoms with van der Waals surface area (Å²) in [4.78, 5) is 10.5. The number of hydrogen-bond donors (Lipinski definition) is 0. The largest absolute Gasteiger partial charge is 0.454 e. The number of aryl methyl sites for hydroxylation is 1. The number of thiophene rings is 1. The van der Waals surface area contributed by atoms with Gasteiger partial charge in [0.25, 0.3) is 6.71 Å². The van der Waals surface area contributed by atoms with Crippen LogP contribution in [0.1, 0.15) is 130 Å². The van der Waals surface area contributed by atoms with Gasteiger partial charge >= 0.3 is 0 Å². The van der Waals surface area contributed by atoms with E-state index in [4.69, 9.17) is 4.42 Å². The van der Waals surface area contributed by atoms with Crippen LogP contribution in [-0.4, -0.2) is 12.3 Å². The first-order chi connectivity index (χ1) is 42.2. The summed E-state index contributed by atoms with van der Waals surface area (Å²) in [6.45, 7) is 28.2. The lowest BCUT2D eigenvalue weighted by molar-refractivity contribution is 0.195. The van der Waals surface area contributed by atoms with Crippen LogP contribution in [0.15, 0.2) is 205 Å². The predicted octanol–water partition coefficient (Wildman–Crippen LogP) is 21.4. The third-order valence-corrected chi connectivity index (χ3v) is 22.1. The normalized spacial score (nSPS) is 18.0. The summed E-state index contributed by atoms with van der Waals surface area (Å²) in [6.07, 6.45) is 4.72. The molecule has 2 atom stereocenters. The molecule has 436 valence electrons. The zero-order valence-corrected chi connectivity index (χ0v) is 53.9. The van der Waals surface area contributed by atoms with E-state index in [1.807, 2.05) is 11.3 Å². The summed E-state index contributed by atoms with van der Waals surface area (Å²) in [5.41, 5.74) is 25.0. The third kappa shape index (κ3) is 8.11. The van der Waals surface area contributed by atoms with Gasteiger partial charge < -0.3 is 24.0 Å². The molecule has 3 aliphatic heterocycles. The highest BCUT2D eigenvalue weighted by Crippen LogP contribution is 2.62. The van der Waals surface area contributed by atoms with Crippen LogP contribution in [0.4, 0.5) is 62.6 Å². The number of furan rings is 1. The quantitative estimate of drug-likeness (QED) is 0.155. The molecule has 0 N–H and O–H groups in total. The van der Waals surface area contributed by atoms with E-state index in [2.05, 4.69) is 303 Å². The molecule has 1 fully saturated rings. The summed E-state index contributed by atoms with van der Waals surface area (Å²) in [7, 11) is 0. The lowest BCUT2D eigenvalue weighted by atomic mass is 9.33. The summed E-state index contributed by atoms with van der Waals surface area (Å²) in [5.74, 6) is 0. The van der Waals surface area contributed by atoms with Gasteiger partial charge in [-0.3, -0.25) is 0 Å². The highest BCUT2D eigenvalue weighted by Gasteiger charge is 2.58. The molecule has 2 aromatic heterocycles. The minimum absolute atomic E-state index is 0.0107. The molecule has 7 heteroatoms. The Balaban J connectivity index is 0.981. The van der Waals surface area contributed by atoms with Gasteiger partial charge in [0.2, 0.25) is 0 Å². The van der Waals surface area contributed by atoms with Crippen molar-refractivity contribution >= 4 is 139 Å². The number of nitrogens with zero attached hydrogens (tertiary/aromatic N) is 4. The predicted molar refractivity (Wildman–Crippen MR) is 379 cm³/mol. The van der Waals surface area contributed by atoms with Crippen LogP contribution in [0.2, 0.25) is 0 Å². The van der Waals surface area contributed by atoms with E-state index in [1.165, 1.54) is 117 Å². The number of benzene rings is 10. The molecule has 88 heavy (non-hydrogen) atoms. The summed E-state index contributed by atoms with van der Waals surface area (Å²) >= 11 is 1.90. The fourth-order valence-electron chi connectivity index (χ4n) is 16.0. The topological polar surface area (TPSA) is 26.1 Å². The van der Waals surface area contributed by atoms with E-state index in [0.717, 1.165) is 57.5 Å². The lowest BCUT2D eigenvalue weighted by Crippen LogP contribution is -2.61. The molecule has 0 spiro atoms. The van der Waals surface area contributed by atoms with Crippen molar-refractivity contribution in [2.75, 3.05) is 19.6 Å². The van der Waals surface area contributed by atoms with Crippen LogP contribution in [0.5, 0.6) is 0 Å². The second-order valence-corrected chi connectivity index (χ2v) is 30.4. The zero-order valence-electron chi connectivity index (χ0n) is 53.1. The van der Waals surface area contributed by atoms with E-state index >= 15 is 0 Å². The van der Waals surface area contributed by atoms with E-state index < -0.39 is 0 Å². The Morgan fingerprint density at radius 3 is 1.70 bits per heavy atom. The molecule has 5 nitrogen and oxygen atoms in total.